The van der Waals surface area contributed by atoms with Crippen LogP contribution in [0, 0.1) is 11.3 Å². The number of nitrogens with one attached hydrogen (secondary N) is 2. The monoisotopic (exact) mass is 330 g/mol. The van der Waals surface area contributed by atoms with Gasteiger partial charge in [-0.1, -0.05) is 16.8 Å². The van der Waals surface area contributed by atoms with Crippen LogP contribution in [0.2, 0.25) is 0 Å². The van der Waals surface area contributed by atoms with E-state index in [9.17, 15) is 13.2 Å². The third kappa shape index (κ3) is 3.35. The SMILES string of the molecule is N#Cc1cccc(-[n+]2c[nH]c(Nc3cccc(C(F)(F)F)c3)n2)c1. The molecule has 0 aliphatic rings. The van der Waals surface area contributed by atoms with Crippen molar-refractivity contribution in [3.8, 4) is 11.8 Å². The first-order valence-corrected chi connectivity index (χ1v) is 6.88. The maximum Gasteiger partial charge on any atom is 0.416 e. The number of hydrogen-bond donors (Lipinski definition) is 2. The predicted molar refractivity (Wildman–Crippen MR) is 79.6 cm³/mol. The van der Waals surface area contributed by atoms with Crippen LogP contribution in [0.3, 0.4) is 0 Å². The zero-order valence-corrected chi connectivity index (χ0v) is 12.2. The van der Waals surface area contributed by atoms with Crippen LogP contribution < -0.4 is 10.00 Å². The summed E-state index contributed by atoms with van der Waals surface area (Å²) in [5.41, 5.74) is 0.656. The maximum absolute atomic E-state index is 12.7. The largest absolute Gasteiger partial charge is 0.416 e. The molecule has 0 aliphatic carbocycles. The Balaban J connectivity index is 1.83. The molecule has 0 amide bonds. The fourth-order valence-corrected chi connectivity index (χ4v) is 2.11. The third-order valence-corrected chi connectivity index (χ3v) is 3.22. The molecule has 5 nitrogen and oxygen atoms in total. The van der Waals surface area contributed by atoms with E-state index in [1.807, 2.05) is 6.07 Å². The van der Waals surface area contributed by atoms with Gasteiger partial charge in [-0.2, -0.15) is 18.4 Å². The Labute approximate surface area is 135 Å². The first-order valence-electron chi connectivity index (χ1n) is 6.88. The number of rotatable bonds is 3. The molecule has 0 saturated carbocycles. The molecular formula is C16H11F3N5+. The van der Waals surface area contributed by atoms with Crippen LogP contribution in [0.5, 0.6) is 0 Å². The molecule has 0 atom stereocenters. The van der Waals surface area contributed by atoms with Gasteiger partial charge >= 0.3 is 12.1 Å². The lowest BCUT2D eigenvalue weighted by atomic mass is 10.2. The number of hydrogen-bond acceptors (Lipinski definition) is 3. The Kier molecular flexibility index (Phi) is 3.92. The Hall–Kier alpha value is -3.34. The summed E-state index contributed by atoms with van der Waals surface area (Å²) in [7, 11) is 0. The highest BCUT2D eigenvalue weighted by Gasteiger charge is 2.30. The minimum atomic E-state index is -4.40. The molecule has 0 aliphatic heterocycles. The molecule has 0 saturated heterocycles. The summed E-state index contributed by atoms with van der Waals surface area (Å²) in [4.78, 5) is 2.82. The van der Waals surface area contributed by atoms with Crippen LogP contribution in [-0.2, 0) is 6.18 Å². The van der Waals surface area contributed by atoms with Crippen molar-refractivity contribution in [1.29, 1.82) is 5.26 Å². The number of benzene rings is 2. The van der Waals surface area contributed by atoms with E-state index in [2.05, 4.69) is 15.4 Å². The second-order valence-electron chi connectivity index (χ2n) is 4.93. The number of aromatic nitrogens is 3. The standard InChI is InChI=1S/C16H10F3N5/c17-16(18,19)12-4-2-5-13(8-12)22-15-21-10-24(23-15)14-6-1-3-11(7-14)9-20/h1-8,10H,(H,22,23)/p+1. The summed E-state index contributed by atoms with van der Waals surface area (Å²) >= 11 is 0. The van der Waals surface area contributed by atoms with Gasteiger partial charge in [-0.25, -0.2) is 4.98 Å². The minimum Gasteiger partial charge on any atom is -0.303 e. The normalized spacial score (nSPS) is 11.1. The topological polar surface area (TPSA) is 68.4 Å². The smallest absolute Gasteiger partial charge is 0.303 e. The van der Waals surface area contributed by atoms with E-state index in [0.29, 0.717) is 11.3 Å². The van der Waals surface area contributed by atoms with Crippen LogP contribution >= 0.6 is 0 Å². The van der Waals surface area contributed by atoms with E-state index in [1.54, 1.807) is 24.3 Å². The molecule has 0 bridgehead atoms. The summed E-state index contributed by atoms with van der Waals surface area (Å²) in [6.45, 7) is 0. The molecular weight excluding hydrogens is 319 g/mol. The van der Waals surface area contributed by atoms with Crippen LogP contribution in [0.4, 0.5) is 24.8 Å². The predicted octanol–water partition coefficient (Wildman–Crippen LogP) is 3.32. The fraction of sp³-hybridized carbons (Fsp3) is 0.0625. The van der Waals surface area contributed by atoms with Crippen LogP contribution in [0.1, 0.15) is 11.1 Å². The van der Waals surface area contributed by atoms with Crippen molar-refractivity contribution in [2.24, 2.45) is 0 Å². The number of H-pyrrole nitrogens is 1. The van der Waals surface area contributed by atoms with Gasteiger partial charge in [0.1, 0.15) is 0 Å². The maximum atomic E-state index is 12.7. The van der Waals surface area contributed by atoms with Gasteiger partial charge in [-0.05, 0) is 35.4 Å². The molecule has 2 N–H and O–H groups in total. The van der Waals surface area contributed by atoms with E-state index < -0.39 is 11.7 Å². The molecule has 120 valence electrons. The molecule has 24 heavy (non-hydrogen) atoms. The summed E-state index contributed by atoms with van der Waals surface area (Å²) in [5, 5.41) is 15.9. The Morgan fingerprint density at radius 2 is 1.92 bits per heavy atom. The summed E-state index contributed by atoms with van der Waals surface area (Å²) < 4.78 is 39.6. The van der Waals surface area contributed by atoms with Crippen LogP contribution in [0.25, 0.3) is 5.69 Å². The lowest BCUT2D eigenvalue weighted by Crippen LogP contribution is -2.31. The Bertz CT molecular complexity index is 908. The molecule has 8 heteroatoms. The number of aromatic amines is 1. The van der Waals surface area contributed by atoms with Gasteiger partial charge in [-0.3, -0.25) is 0 Å². The van der Waals surface area contributed by atoms with Gasteiger partial charge in [0, 0.05) is 11.8 Å². The first kappa shape index (κ1) is 15.6. The van der Waals surface area contributed by atoms with E-state index in [-0.39, 0.29) is 11.6 Å². The van der Waals surface area contributed by atoms with Crippen molar-refractivity contribution in [3.05, 3.63) is 66.0 Å². The van der Waals surface area contributed by atoms with Gasteiger partial charge in [0.25, 0.3) is 6.33 Å². The van der Waals surface area contributed by atoms with Crippen LogP contribution in [0.15, 0.2) is 54.9 Å². The molecule has 1 aromatic heterocycles. The zero-order chi connectivity index (χ0) is 17.2. The van der Waals surface area contributed by atoms with E-state index >= 15 is 0 Å². The quantitative estimate of drug-likeness (QED) is 0.724. The van der Waals surface area contributed by atoms with Gasteiger partial charge < -0.3 is 5.32 Å². The lowest BCUT2D eigenvalue weighted by molar-refractivity contribution is -0.655. The second kappa shape index (κ2) is 6.04. The molecule has 0 fully saturated rings. The first-order chi connectivity index (χ1) is 11.5. The summed E-state index contributed by atoms with van der Waals surface area (Å²) in [6, 6.07) is 13.7. The summed E-state index contributed by atoms with van der Waals surface area (Å²) in [6.07, 6.45) is -2.87. The number of halogens is 3. The van der Waals surface area contributed by atoms with Crippen molar-refractivity contribution < 1.29 is 17.9 Å². The van der Waals surface area contributed by atoms with E-state index in [1.165, 1.54) is 23.1 Å². The highest BCUT2D eigenvalue weighted by atomic mass is 19.4. The fourth-order valence-electron chi connectivity index (χ4n) is 2.11. The van der Waals surface area contributed by atoms with Gasteiger partial charge in [0.15, 0.2) is 5.69 Å². The third-order valence-electron chi connectivity index (χ3n) is 3.22. The zero-order valence-electron chi connectivity index (χ0n) is 12.2. The molecule has 0 unspecified atom stereocenters. The summed E-state index contributed by atoms with van der Waals surface area (Å²) in [5.74, 6) is 0.275. The minimum absolute atomic E-state index is 0.261. The van der Waals surface area contributed by atoms with Gasteiger partial charge in [-0.15, -0.1) is 0 Å². The second-order valence-corrected chi connectivity index (χ2v) is 4.93. The number of alkyl halides is 3. The van der Waals surface area contributed by atoms with E-state index in [0.717, 1.165) is 12.1 Å². The average molecular weight is 330 g/mol. The number of anilines is 2. The molecule has 1 heterocycles. The van der Waals surface area contributed by atoms with Gasteiger partial charge in [0.2, 0.25) is 0 Å². The molecule has 3 rings (SSSR count). The average Bonchev–Trinajstić information content (AvgIpc) is 3.03. The van der Waals surface area contributed by atoms with Crippen molar-refractivity contribution in [3.63, 3.8) is 0 Å². The highest BCUT2D eigenvalue weighted by molar-refractivity contribution is 5.54. The van der Waals surface area contributed by atoms with E-state index in [4.69, 9.17) is 5.26 Å². The molecule has 3 aromatic rings. The van der Waals surface area contributed by atoms with Crippen molar-refractivity contribution in [2.45, 2.75) is 6.18 Å². The van der Waals surface area contributed by atoms with Crippen molar-refractivity contribution in [1.82, 2.24) is 10.1 Å². The van der Waals surface area contributed by atoms with Crippen molar-refractivity contribution in [2.75, 3.05) is 5.32 Å². The molecule has 0 radical (unpaired) electrons. The number of nitriles is 1. The lowest BCUT2D eigenvalue weighted by Gasteiger charge is -2.07. The van der Waals surface area contributed by atoms with Crippen LogP contribution in [-0.4, -0.2) is 10.1 Å². The Morgan fingerprint density at radius 3 is 2.67 bits per heavy atom. The van der Waals surface area contributed by atoms with Gasteiger partial charge in [0.05, 0.1) is 17.2 Å². The highest BCUT2D eigenvalue weighted by Crippen LogP contribution is 2.31. The molecule has 0 spiro atoms. The number of nitrogens with zero attached hydrogens (tertiary/aromatic N) is 3. The molecule has 2 aromatic carbocycles. The van der Waals surface area contributed by atoms with Crippen molar-refractivity contribution >= 4 is 11.6 Å². The Morgan fingerprint density at radius 1 is 1.12 bits per heavy atom.